The molecule has 43 heavy (non-hydrogen) atoms. The molecule has 1 unspecified atom stereocenters. The van der Waals surface area contributed by atoms with Gasteiger partial charge in [-0.2, -0.15) is 9.97 Å². The molecule has 0 radical (unpaired) electrons. The van der Waals surface area contributed by atoms with E-state index >= 15 is 0 Å². The van der Waals surface area contributed by atoms with Crippen molar-refractivity contribution >= 4 is 46.0 Å². The number of hydrogen-bond acceptors (Lipinski definition) is 9. The minimum atomic E-state index is -0.593. The molecule has 2 aromatic heterocycles. The molecule has 0 saturated heterocycles. The van der Waals surface area contributed by atoms with Crippen LogP contribution in [0.4, 0.5) is 17.6 Å². The maximum atomic E-state index is 13.9. The van der Waals surface area contributed by atoms with Gasteiger partial charge in [0.25, 0.3) is 11.5 Å². The molecule has 1 aliphatic heterocycles. The highest BCUT2D eigenvalue weighted by Gasteiger charge is 2.33. The lowest BCUT2D eigenvalue weighted by molar-refractivity contribution is 0.0781. The zero-order valence-electron chi connectivity index (χ0n) is 23.8. The number of hydrogen-bond donors (Lipinski definition) is 2. The molecule has 0 saturated carbocycles. The van der Waals surface area contributed by atoms with Crippen molar-refractivity contribution in [2.75, 3.05) is 36.8 Å². The molecule has 3 heterocycles. The molecule has 3 N–H and O–H groups in total. The van der Waals surface area contributed by atoms with Crippen LogP contribution in [0.1, 0.15) is 34.7 Å². The average Bonchev–Trinajstić information content (AvgIpc) is 3.00. The van der Waals surface area contributed by atoms with Crippen LogP contribution < -0.4 is 26.2 Å². The summed E-state index contributed by atoms with van der Waals surface area (Å²) in [5.74, 6) is 1.56. The number of halogens is 1. The number of carbonyl (C=O) groups excluding carboxylic acids is 1. The smallest absolute Gasteiger partial charge is 0.267 e. The van der Waals surface area contributed by atoms with Crippen molar-refractivity contribution in [3.8, 4) is 11.4 Å². The summed E-state index contributed by atoms with van der Waals surface area (Å²) in [5, 5.41) is 3.95. The molecule has 1 atom stereocenters. The first-order chi connectivity index (χ1) is 20.7. The zero-order valence-corrected chi connectivity index (χ0v) is 24.5. The SMILES string of the molecule is COc1ccc(CN2CN(C)C(=O)c3c(NC(C)c4nc5cccc(Cl)c5c(=O)n4-c4ccccc4)nc(N)nc32)cc1. The van der Waals surface area contributed by atoms with Crippen molar-refractivity contribution in [3.05, 3.63) is 105 Å². The number of rotatable bonds is 7. The quantitative estimate of drug-likeness (QED) is 0.276. The van der Waals surface area contributed by atoms with Crippen LogP contribution in [0, 0.1) is 0 Å². The summed E-state index contributed by atoms with van der Waals surface area (Å²) in [5.41, 5.74) is 8.24. The highest BCUT2D eigenvalue weighted by molar-refractivity contribution is 6.35. The van der Waals surface area contributed by atoms with Gasteiger partial charge in [-0.1, -0.05) is 48.0 Å². The summed E-state index contributed by atoms with van der Waals surface area (Å²) in [6.07, 6.45) is 0. The average molecular weight is 597 g/mol. The molecule has 0 fully saturated rings. The van der Waals surface area contributed by atoms with Crippen molar-refractivity contribution in [3.63, 3.8) is 0 Å². The van der Waals surface area contributed by atoms with Crippen molar-refractivity contribution in [2.24, 2.45) is 0 Å². The normalized spacial score (nSPS) is 13.6. The largest absolute Gasteiger partial charge is 0.497 e. The van der Waals surface area contributed by atoms with Gasteiger partial charge in [-0.3, -0.25) is 14.2 Å². The van der Waals surface area contributed by atoms with Gasteiger partial charge in [-0.25, -0.2) is 4.98 Å². The molecule has 0 spiro atoms. The Morgan fingerprint density at radius 3 is 2.47 bits per heavy atom. The molecule has 1 aliphatic rings. The number of fused-ring (bicyclic) bond motifs is 2. The third-order valence-corrected chi connectivity index (χ3v) is 7.63. The number of ether oxygens (including phenoxy) is 1. The molecular formula is C31H29ClN8O3. The number of nitrogens with two attached hydrogens (primary N) is 1. The fraction of sp³-hybridized carbons (Fsp3) is 0.194. The molecule has 1 amide bonds. The fourth-order valence-corrected chi connectivity index (χ4v) is 5.49. The Morgan fingerprint density at radius 1 is 1.00 bits per heavy atom. The first kappa shape index (κ1) is 28.0. The fourth-order valence-electron chi connectivity index (χ4n) is 5.24. The molecule has 12 heteroatoms. The summed E-state index contributed by atoms with van der Waals surface area (Å²) < 4.78 is 6.80. The first-order valence-electron chi connectivity index (χ1n) is 13.6. The van der Waals surface area contributed by atoms with E-state index in [9.17, 15) is 9.59 Å². The number of aromatic nitrogens is 4. The Hall–Kier alpha value is -5.16. The number of benzene rings is 3. The van der Waals surface area contributed by atoms with E-state index in [0.29, 0.717) is 46.5 Å². The summed E-state index contributed by atoms with van der Waals surface area (Å²) in [6, 6.07) is 21.4. The summed E-state index contributed by atoms with van der Waals surface area (Å²) in [4.78, 5) is 44.7. The number of nitrogens with zero attached hydrogens (tertiary/aromatic N) is 6. The number of anilines is 3. The predicted molar refractivity (Wildman–Crippen MR) is 167 cm³/mol. The van der Waals surface area contributed by atoms with E-state index in [2.05, 4.69) is 15.3 Å². The summed E-state index contributed by atoms with van der Waals surface area (Å²) >= 11 is 6.44. The highest BCUT2D eigenvalue weighted by Crippen LogP contribution is 2.34. The lowest BCUT2D eigenvalue weighted by atomic mass is 10.1. The third-order valence-electron chi connectivity index (χ3n) is 7.31. The molecule has 5 aromatic rings. The van der Waals surface area contributed by atoms with Crippen LogP contribution in [-0.2, 0) is 6.54 Å². The lowest BCUT2D eigenvalue weighted by Gasteiger charge is -2.36. The van der Waals surface area contributed by atoms with Crippen molar-refractivity contribution < 1.29 is 9.53 Å². The minimum absolute atomic E-state index is 0.00392. The molecule has 3 aromatic carbocycles. The van der Waals surface area contributed by atoms with Crippen LogP contribution in [0.3, 0.4) is 0 Å². The maximum Gasteiger partial charge on any atom is 0.267 e. The van der Waals surface area contributed by atoms with E-state index in [4.69, 9.17) is 27.1 Å². The summed E-state index contributed by atoms with van der Waals surface area (Å²) in [7, 11) is 3.34. The van der Waals surface area contributed by atoms with Crippen LogP contribution in [0.15, 0.2) is 77.6 Å². The third kappa shape index (κ3) is 5.19. The maximum absolute atomic E-state index is 13.9. The van der Waals surface area contributed by atoms with E-state index in [1.54, 1.807) is 37.3 Å². The second-order valence-corrected chi connectivity index (χ2v) is 10.7. The van der Waals surface area contributed by atoms with Gasteiger partial charge in [0, 0.05) is 13.6 Å². The number of methoxy groups -OCH3 is 1. The molecule has 218 valence electrons. The van der Waals surface area contributed by atoms with Crippen molar-refractivity contribution in [1.82, 2.24) is 24.4 Å². The molecular weight excluding hydrogens is 568 g/mol. The molecule has 11 nitrogen and oxygen atoms in total. The monoisotopic (exact) mass is 596 g/mol. The van der Waals surface area contributed by atoms with Crippen molar-refractivity contribution in [2.45, 2.75) is 19.5 Å². The number of para-hydroxylation sites is 1. The first-order valence-corrected chi connectivity index (χ1v) is 14.0. The summed E-state index contributed by atoms with van der Waals surface area (Å²) in [6.45, 7) is 2.62. The highest BCUT2D eigenvalue weighted by atomic mass is 35.5. The number of nitrogens with one attached hydrogen (secondary N) is 1. The Labute approximate surface area is 252 Å². The van der Waals surface area contributed by atoms with E-state index in [-0.39, 0.29) is 28.8 Å². The van der Waals surface area contributed by atoms with Gasteiger partial charge in [-0.05, 0) is 48.9 Å². The van der Waals surface area contributed by atoms with Gasteiger partial charge in [0.15, 0.2) is 5.82 Å². The number of amides is 1. The molecule has 6 rings (SSSR count). The van der Waals surface area contributed by atoms with E-state index in [1.807, 2.05) is 66.4 Å². The van der Waals surface area contributed by atoms with Gasteiger partial charge in [0.2, 0.25) is 5.95 Å². The second-order valence-electron chi connectivity index (χ2n) is 10.3. The Kier molecular flexibility index (Phi) is 7.32. The minimum Gasteiger partial charge on any atom is -0.497 e. The van der Waals surface area contributed by atoms with Crippen LogP contribution in [-0.4, -0.2) is 51.2 Å². The zero-order chi connectivity index (χ0) is 30.2. The van der Waals surface area contributed by atoms with Gasteiger partial charge < -0.3 is 25.6 Å². The van der Waals surface area contributed by atoms with Crippen LogP contribution in [0.25, 0.3) is 16.6 Å². The van der Waals surface area contributed by atoms with Crippen molar-refractivity contribution in [1.29, 1.82) is 0 Å². The van der Waals surface area contributed by atoms with Gasteiger partial charge in [0.05, 0.1) is 41.4 Å². The predicted octanol–water partition coefficient (Wildman–Crippen LogP) is 4.64. The number of carbonyl (C=O) groups is 1. The second kappa shape index (κ2) is 11.3. The van der Waals surface area contributed by atoms with Crippen LogP contribution in [0.2, 0.25) is 5.02 Å². The Morgan fingerprint density at radius 2 is 1.74 bits per heavy atom. The molecule has 0 bridgehead atoms. The number of nitrogen functional groups attached to an aromatic ring is 1. The van der Waals surface area contributed by atoms with E-state index in [1.165, 1.54) is 4.57 Å². The Balaban J connectivity index is 1.44. The lowest BCUT2D eigenvalue weighted by Crippen LogP contribution is -2.45. The topological polar surface area (TPSA) is 132 Å². The van der Waals surface area contributed by atoms with Crippen LogP contribution in [0.5, 0.6) is 5.75 Å². The van der Waals surface area contributed by atoms with Gasteiger partial charge in [-0.15, -0.1) is 0 Å². The standard InChI is InChI=1S/C31H29ClN8O3/c1-18(27-35-23-11-7-10-22(32)24(23)30(42)40(27)20-8-5-4-6-9-20)34-26-25-28(37-31(33)36-26)39(17-38(2)29(25)41)16-19-12-14-21(43-3)15-13-19/h4-15,18H,16-17H2,1-3H3,(H3,33,34,36,37). The van der Waals surface area contributed by atoms with E-state index < -0.39 is 6.04 Å². The Bertz CT molecular complexity index is 1900. The van der Waals surface area contributed by atoms with Gasteiger partial charge >= 0.3 is 0 Å². The van der Waals surface area contributed by atoms with Gasteiger partial charge in [0.1, 0.15) is 23.0 Å². The van der Waals surface area contributed by atoms with E-state index in [0.717, 1.165) is 11.3 Å². The van der Waals surface area contributed by atoms with Crippen LogP contribution >= 0.6 is 11.6 Å². The molecule has 0 aliphatic carbocycles.